The van der Waals surface area contributed by atoms with Crippen molar-refractivity contribution >= 4 is 5.97 Å². The number of rotatable bonds is 6. The summed E-state index contributed by atoms with van der Waals surface area (Å²) >= 11 is 0. The van der Waals surface area contributed by atoms with E-state index < -0.39 is 0 Å². The van der Waals surface area contributed by atoms with Crippen LogP contribution < -0.4 is 4.74 Å². The molecule has 29 heavy (non-hydrogen) atoms. The highest BCUT2D eigenvalue weighted by molar-refractivity contribution is 5.75. The molecule has 156 valence electrons. The predicted molar refractivity (Wildman–Crippen MR) is 119 cm³/mol. The van der Waals surface area contributed by atoms with Crippen LogP contribution in [-0.4, -0.2) is 37.1 Å². The fourth-order valence-electron chi connectivity index (χ4n) is 4.49. The van der Waals surface area contributed by atoms with Crippen LogP contribution >= 0.6 is 0 Å². The molecular formula is C26H36NO2+. The van der Waals surface area contributed by atoms with E-state index in [4.69, 9.17) is 4.74 Å². The Morgan fingerprint density at radius 2 is 1.83 bits per heavy atom. The van der Waals surface area contributed by atoms with Gasteiger partial charge in [0.05, 0.1) is 32.6 Å². The standard InChI is InChI=1S/C26H36NO2/c1-19(2)26(28)29-25-15-14-20(3)17-24(25)23(21-11-7-6-8-12-21)18-22-13-9-10-16-27(22,4)5/h6-8,11-12,14-15,17,19,22-23H,9-10,13,16,18H2,1-5H3/q+1. The Kier molecular flexibility index (Phi) is 6.79. The van der Waals surface area contributed by atoms with Gasteiger partial charge in [-0.2, -0.15) is 0 Å². The van der Waals surface area contributed by atoms with Crippen LogP contribution in [0.25, 0.3) is 0 Å². The number of carbonyl (C=O) groups excluding carboxylic acids is 1. The van der Waals surface area contributed by atoms with Gasteiger partial charge < -0.3 is 9.22 Å². The summed E-state index contributed by atoms with van der Waals surface area (Å²) in [6.45, 7) is 7.11. The largest absolute Gasteiger partial charge is 0.426 e. The second kappa shape index (κ2) is 9.13. The molecule has 0 radical (unpaired) electrons. The zero-order valence-corrected chi connectivity index (χ0v) is 18.7. The van der Waals surface area contributed by atoms with Crippen LogP contribution in [-0.2, 0) is 4.79 Å². The predicted octanol–water partition coefficient (Wildman–Crippen LogP) is 5.71. The van der Waals surface area contributed by atoms with E-state index >= 15 is 0 Å². The Morgan fingerprint density at radius 1 is 1.10 bits per heavy atom. The summed E-state index contributed by atoms with van der Waals surface area (Å²) in [7, 11) is 4.73. The maximum Gasteiger partial charge on any atom is 0.313 e. The van der Waals surface area contributed by atoms with Crippen molar-refractivity contribution in [3.63, 3.8) is 0 Å². The Bertz CT molecular complexity index is 826. The van der Waals surface area contributed by atoms with E-state index in [1.165, 1.54) is 36.9 Å². The van der Waals surface area contributed by atoms with Crippen LogP contribution in [0.5, 0.6) is 5.75 Å². The number of likely N-dealkylation sites (tertiary alicyclic amines) is 1. The van der Waals surface area contributed by atoms with Gasteiger partial charge in [0.15, 0.2) is 0 Å². The molecule has 1 fully saturated rings. The Labute approximate surface area is 176 Å². The van der Waals surface area contributed by atoms with Gasteiger partial charge in [-0.3, -0.25) is 4.79 Å². The molecule has 1 aliphatic rings. The normalized spacial score (nSPS) is 19.7. The zero-order valence-electron chi connectivity index (χ0n) is 18.7. The van der Waals surface area contributed by atoms with Crippen molar-refractivity contribution < 1.29 is 14.0 Å². The number of quaternary nitrogens is 1. The maximum absolute atomic E-state index is 12.4. The summed E-state index contributed by atoms with van der Waals surface area (Å²) in [6.07, 6.45) is 4.92. The summed E-state index contributed by atoms with van der Waals surface area (Å²) in [5.74, 6) is 0.611. The van der Waals surface area contributed by atoms with E-state index in [1.807, 2.05) is 26.0 Å². The van der Waals surface area contributed by atoms with E-state index in [1.54, 1.807) is 0 Å². The minimum atomic E-state index is -0.171. The van der Waals surface area contributed by atoms with E-state index in [2.05, 4.69) is 57.4 Å². The number of benzene rings is 2. The smallest absolute Gasteiger partial charge is 0.313 e. The van der Waals surface area contributed by atoms with Gasteiger partial charge in [0.25, 0.3) is 0 Å². The van der Waals surface area contributed by atoms with Crippen LogP contribution in [0.3, 0.4) is 0 Å². The lowest BCUT2D eigenvalue weighted by Crippen LogP contribution is -2.52. The quantitative estimate of drug-likeness (QED) is 0.356. The molecule has 0 aromatic heterocycles. The minimum Gasteiger partial charge on any atom is -0.426 e. The lowest BCUT2D eigenvalue weighted by molar-refractivity contribution is -0.920. The van der Waals surface area contributed by atoms with Crippen LogP contribution in [0.4, 0.5) is 0 Å². The molecule has 2 aromatic carbocycles. The molecule has 0 saturated carbocycles. The van der Waals surface area contributed by atoms with Gasteiger partial charge in [-0.05, 0) is 37.8 Å². The minimum absolute atomic E-state index is 0.145. The Hall–Kier alpha value is -2.13. The Balaban J connectivity index is 2.02. The van der Waals surface area contributed by atoms with Gasteiger partial charge in [0.2, 0.25) is 0 Å². The van der Waals surface area contributed by atoms with Gasteiger partial charge in [-0.1, -0.05) is 61.9 Å². The first-order valence-electron chi connectivity index (χ1n) is 11.0. The molecule has 2 unspecified atom stereocenters. The number of piperidine rings is 1. The summed E-state index contributed by atoms with van der Waals surface area (Å²) in [6, 6.07) is 17.5. The van der Waals surface area contributed by atoms with Crippen molar-refractivity contribution in [2.24, 2.45) is 5.92 Å². The molecule has 1 heterocycles. The molecule has 0 aliphatic carbocycles. The fourth-order valence-corrected chi connectivity index (χ4v) is 4.49. The van der Waals surface area contributed by atoms with E-state index in [0.29, 0.717) is 11.8 Å². The molecule has 0 bridgehead atoms. The van der Waals surface area contributed by atoms with Crippen LogP contribution in [0.15, 0.2) is 48.5 Å². The van der Waals surface area contributed by atoms with E-state index in [-0.39, 0.29) is 17.8 Å². The molecule has 3 nitrogen and oxygen atoms in total. The SMILES string of the molecule is Cc1ccc(OC(=O)C(C)C)c(C(CC2CCCC[N+]2(C)C)c2ccccc2)c1. The summed E-state index contributed by atoms with van der Waals surface area (Å²) in [5.41, 5.74) is 3.63. The van der Waals surface area contributed by atoms with E-state index in [9.17, 15) is 4.79 Å². The van der Waals surface area contributed by atoms with Crippen molar-refractivity contribution in [2.45, 2.75) is 58.4 Å². The summed E-state index contributed by atoms with van der Waals surface area (Å²) in [5, 5.41) is 0. The molecule has 1 aliphatic heterocycles. The number of aryl methyl sites for hydroxylation is 1. The van der Waals surface area contributed by atoms with Gasteiger partial charge in [0.1, 0.15) is 5.75 Å². The molecule has 0 N–H and O–H groups in total. The summed E-state index contributed by atoms with van der Waals surface area (Å²) < 4.78 is 6.93. The number of esters is 1. The third-order valence-electron chi connectivity index (χ3n) is 6.44. The third kappa shape index (κ3) is 5.27. The maximum atomic E-state index is 12.4. The van der Waals surface area contributed by atoms with Gasteiger partial charge >= 0.3 is 5.97 Å². The molecule has 3 heteroatoms. The first-order chi connectivity index (χ1) is 13.8. The van der Waals surface area contributed by atoms with Gasteiger partial charge in [-0.25, -0.2) is 0 Å². The monoisotopic (exact) mass is 394 g/mol. The Morgan fingerprint density at radius 3 is 2.48 bits per heavy atom. The number of carbonyl (C=O) groups is 1. The number of hydrogen-bond acceptors (Lipinski definition) is 2. The van der Waals surface area contributed by atoms with Crippen LogP contribution in [0.1, 0.15) is 62.1 Å². The average Bonchev–Trinajstić information content (AvgIpc) is 2.69. The third-order valence-corrected chi connectivity index (χ3v) is 6.44. The highest BCUT2D eigenvalue weighted by Crippen LogP contribution is 2.39. The van der Waals surface area contributed by atoms with Gasteiger partial charge in [-0.15, -0.1) is 0 Å². The first-order valence-corrected chi connectivity index (χ1v) is 11.0. The highest BCUT2D eigenvalue weighted by Gasteiger charge is 2.35. The lowest BCUT2D eigenvalue weighted by Gasteiger charge is -2.43. The van der Waals surface area contributed by atoms with Crippen molar-refractivity contribution in [2.75, 3.05) is 20.6 Å². The van der Waals surface area contributed by atoms with Crippen molar-refractivity contribution in [1.29, 1.82) is 0 Å². The fraction of sp³-hybridized carbons (Fsp3) is 0.500. The topological polar surface area (TPSA) is 26.3 Å². The molecule has 3 rings (SSSR count). The molecule has 0 spiro atoms. The second-order valence-corrected chi connectivity index (χ2v) is 9.47. The molecular weight excluding hydrogens is 358 g/mol. The van der Waals surface area contributed by atoms with Crippen LogP contribution in [0, 0.1) is 12.8 Å². The van der Waals surface area contributed by atoms with Crippen LogP contribution in [0.2, 0.25) is 0 Å². The number of nitrogens with zero attached hydrogens (tertiary/aromatic N) is 1. The average molecular weight is 395 g/mol. The molecule has 1 saturated heterocycles. The van der Waals surface area contributed by atoms with E-state index in [0.717, 1.165) is 16.5 Å². The molecule has 0 amide bonds. The van der Waals surface area contributed by atoms with Crippen molar-refractivity contribution in [3.05, 3.63) is 65.2 Å². The second-order valence-electron chi connectivity index (χ2n) is 9.47. The van der Waals surface area contributed by atoms with Crippen molar-refractivity contribution in [1.82, 2.24) is 0 Å². The number of hydrogen-bond donors (Lipinski definition) is 0. The number of ether oxygens (including phenoxy) is 1. The lowest BCUT2D eigenvalue weighted by atomic mass is 9.82. The first kappa shape index (κ1) is 21.6. The molecule has 2 aromatic rings. The van der Waals surface area contributed by atoms with Crippen molar-refractivity contribution in [3.8, 4) is 5.75 Å². The highest BCUT2D eigenvalue weighted by atomic mass is 16.5. The van der Waals surface area contributed by atoms with Gasteiger partial charge in [0, 0.05) is 17.9 Å². The molecule has 2 atom stereocenters. The zero-order chi connectivity index (χ0) is 21.0. The summed E-state index contributed by atoms with van der Waals surface area (Å²) in [4.78, 5) is 12.4.